The molecule has 1 saturated heterocycles. The Morgan fingerprint density at radius 3 is 2.44 bits per heavy atom. The Bertz CT molecular complexity index is 525. The van der Waals surface area contributed by atoms with Gasteiger partial charge in [-0.25, -0.2) is 0 Å². The number of hydrogen-bond acceptors (Lipinski definition) is 5. The predicted octanol–water partition coefficient (Wildman–Crippen LogP) is 2.70. The zero-order chi connectivity index (χ0) is 18.2. The van der Waals surface area contributed by atoms with E-state index in [1.54, 1.807) is 7.11 Å². The van der Waals surface area contributed by atoms with Crippen molar-refractivity contribution in [3.05, 3.63) is 29.8 Å². The maximum absolute atomic E-state index is 12.5. The van der Waals surface area contributed by atoms with E-state index in [0.717, 1.165) is 37.0 Å². The molecule has 1 fully saturated rings. The number of esters is 1. The van der Waals surface area contributed by atoms with Crippen LogP contribution in [0.2, 0.25) is 0 Å². The molecule has 0 bridgehead atoms. The monoisotopic (exact) mass is 349 g/mol. The van der Waals surface area contributed by atoms with E-state index in [-0.39, 0.29) is 17.9 Å². The van der Waals surface area contributed by atoms with Gasteiger partial charge in [-0.2, -0.15) is 0 Å². The molecule has 0 aliphatic carbocycles. The number of benzene rings is 1. The molecule has 3 atom stereocenters. The van der Waals surface area contributed by atoms with Gasteiger partial charge in [-0.1, -0.05) is 38.8 Å². The number of ether oxygens (including phenoxy) is 2. The van der Waals surface area contributed by atoms with Gasteiger partial charge in [0.15, 0.2) is 0 Å². The smallest absolute Gasteiger partial charge is 0.309 e. The lowest BCUT2D eigenvalue weighted by atomic mass is 9.97. The van der Waals surface area contributed by atoms with Crippen LogP contribution in [0.15, 0.2) is 24.3 Å². The van der Waals surface area contributed by atoms with Crippen molar-refractivity contribution in [1.29, 1.82) is 0 Å². The maximum atomic E-state index is 12.5. The summed E-state index contributed by atoms with van der Waals surface area (Å²) in [6.07, 6.45) is 3.15. The summed E-state index contributed by atoms with van der Waals surface area (Å²) in [5, 5.41) is 13.5. The number of nitrogens with one attached hydrogen (secondary N) is 1. The highest BCUT2D eigenvalue weighted by atomic mass is 16.6. The van der Waals surface area contributed by atoms with Crippen molar-refractivity contribution in [2.75, 3.05) is 13.7 Å². The summed E-state index contributed by atoms with van der Waals surface area (Å²) in [6.45, 7) is 4.60. The van der Waals surface area contributed by atoms with Gasteiger partial charge in [0.1, 0.15) is 18.0 Å². The van der Waals surface area contributed by atoms with E-state index in [0.29, 0.717) is 13.0 Å². The number of hydrogen-bond donors (Lipinski definition) is 2. The van der Waals surface area contributed by atoms with Crippen LogP contribution in [0.25, 0.3) is 0 Å². The molecule has 1 aliphatic rings. The number of methoxy groups -OCH3 is 1. The molecular formula is C20H31NO4. The van der Waals surface area contributed by atoms with Gasteiger partial charge in [-0.3, -0.25) is 4.79 Å². The minimum absolute atomic E-state index is 0.0653. The molecule has 25 heavy (non-hydrogen) atoms. The topological polar surface area (TPSA) is 67.8 Å². The van der Waals surface area contributed by atoms with Gasteiger partial charge >= 0.3 is 5.97 Å². The van der Waals surface area contributed by atoms with Crippen LogP contribution in [0.3, 0.4) is 0 Å². The van der Waals surface area contributed by atoms with Gasteiger partial charge in [0.25, 0.3) is 0 Å². The van der Waals surface area contributed by atoms with Crippen LogP contribution in [-0.2, 0) is 16.0 Å². The molecule has 2 N–H and O–H groups in total. The van der Waals surface area contributed by atoms with Crippen LogP contribution in [0, 0.1) is 5.92 Å². The zero-order valence-electron chi connectivity index (χ0n) is 15.5. The first kappa shape index (κ1) is 19.7. The molecule has 0 unspecified atom stereocenters. The molecule has 140 valence electrons. The van der Waals surface area contributed by atoms with E-state index in [4.69, 9.17) is 9.47 Å². The second-order valence-corrected chi connectivity index (χ2v) is 6.81. The molecule has 0 aromatic heterocycles. The predicted molar refractivity (Wildman–Crippen MR) is 97.7 cm³/mol. The fourth-order valence-electron chi connectivity index (χ4n) is 3.44. The van der Waals surface area contributed by atoms with E-state index in [9.17, 15) is 9.90 Å². The van der Waals surface area contributed by atoms with Crippen molar-refractivity contribution < 1.29 is 19.4 Å². The number of aliphatic hydroxyl groups is 1. The van der Waals surface area contributed by atoms with E-state index in [1.165, 1.54) is 0 Å². The van der Waals surface area contributed by atoms with E-state index < -0.39 is 12.2 Å². The third-order valence-corrected chi connectivity index (χ3v) is 4.84. The SMILES string of the molecule is CCCC(CCC)C(=O)O[C@@H]1[C@@H](O)CN[C@@H]1Cc1ccc(OC)cc1. The van der Waals surface area contributed by atoms with Crippen LogP contribution in [0.4, 0.5) is 0 Å². The first-order valence-corrected chi connectivity index (χ1v) is 9.33. The number of rotatable bonds is 9. The van der Waals surface area contributed by atoms with Crippen molar-refractivity contribution in [2.45, 2.75) is 64.2 Å². The Morgan fingerprint density at radius 2 is 1.88 bits per heavy atom. The summed E-state index contributed by atoms with van der Waals surface area (Å²) < 4.78 is 10.9. The largest absolute Gasteiger partial charge is 0.497 e. The second-order valence-electron chi connectivity index (χ2n) is 6.81. The maximum Gasteiger partial charge on any atom is 0.309 e. The summed E-state index contributed by atoms with van der Waals surface area (Å²) in [5.41, 5.74) is 1.12. The van der Waals surface area contributed by atoms with Crippen molar-refractivity contribution in [2.24, 2.45) is 5.92 Å². The molecule has 5 nitrogen and oxygen atoms in total. The fourth-order valence-corrected chi connectivity index (χ4v) is 3.44. The molecule has 1 aromatic rings. The van der Waals surface area contributed by atoms with Gasteiger partial charge in [0, 0.05) is 6.54 Å². The molecule has 1 aromatic carbocycles. The molecule has 0 saturated carbocycles. The van der Waals surface area contributed by atoms with E-state index >= 15 is 0 Å². The Hall–Kier alpha value is -1.59. The van der Waals surface area contributed by atoms with Gasteiger partial charge in [-0.05, 0) is 37.0 Å². The van der Waals surface area contributed by atoms with Crippen LogP contribution in [0.5, 0.6) is 5.75 Å². The molecule has 0 spiro atoms. The van der Waals surface area contributed by atoms with Crippen molar-refractivity contribution >= 4 is 5.97 Å². The normalized spacial score (nSPS) is 23.0. The van der Waals surface area contributed by atoms with Crippen molar-refractivity contribution in [3.63, 3.8) is 0 Å². The van der Waals surface area contributed by atoms with Crippen molar-refractivity contribution in [1.82, 2.24) is 5.32 Å². The minimum Gasteiger partial charge on any atom is -0.497 e. The molecular weight excluding hydrogens is 318 g/mol. The molecule has 2 rings (SSSR count). The Balaban J connectivity index is 1.99. The fraction of sp³-hybridized carbons (Fsp3) is 0.650. The Kier molecular flexibility index (Phi) is 7.72. The third kappa shape index (κ3) is 5.44. The zero-order valence-corrected chi connectivity index (χ0v) is 15.5. The first-order chi connectivity index (χ1) is 12.1. The summed E-state index contributed by atoms with van der Waals surface area (Å²) in [6, 6.07) is 7.76. The average Bonchev–Trinajstić information content (AvgIpc) is 2.95. The summed E-state index contributed by atoms with van der Waals surface area (Å²) in [4.78, 5) is 12.5. The van der Waals surface area contributed by atoms with Crippen LogP contribution in [0.1, 0.15) is 45.1 Å². The summed E-state index contributed by atoms with van der Waals surface area (Å²) in [5.74, 6) is 0.578. The standard InChI is InChI=1S/C20H31NO4/c1-4-6-15(7-5-2)20(23)25-19-17(21-13-18(19)22)12-14-8-10-16(24-3)11-9-14/h8-11,15,17-19,21-22H,4-7,12-13H2,1-3H3/t17-,18+,19+/m1/s1. The minimum atomic E-state index is -0.656. The molecule has 0 amide bonds. The second kappa shape index (κ2) is 9.78. The van der Waals surface area contributed by atoms with Gasteiger partial charge < -0.3 is 19.9 Å². The highest BCUT2D eigenvalue weighted by Gasteiger charge is 2.38. The lowest BCUT2D eigenvalue weighted by Gasteiger charge is -2.24. The van der Waals surface area contributed by atoms with Crippen LogP contribution in [-0.4, -0.2) is 43.0 Å². The van der Waals surface area contributed by atoms with Crippen molar-refractivity contribution in [3.8, 4) is 5.75 Å². The lowest BCUT2D eigenvalue weighted by Crippen LogP contribution is -2.40. The third-order valence-electron chi connectivity index (χ3n) is 4.84. The van der Waals surface area contributed by atoms with E-state index in [2.05, 4.69) is 19.2 Å². The van der Waals surface area contributed by atoms with Gasteiger partial charge in [0.2, 0.25) is 0 Å². The average molecular weight is 349 g/mol. The first-order valence-electron chi connectivity index (χ1n) is 9.33. The van der Waals surface area contributed by atoms with Gasteiger partial charge in [-0.15, -0.1) is 0 Å². The summed E-state index contributed by atoms with van der Waals surface area (Å²) in [7, 11) is 1.64. The highest BCUT2D eigenvalue weighted by Crippen LogP contribution is 2.22. The molecule has 1 aliphatic heterocycles. The molecule has 5 heteroatoms. The molecule has 0 radical (unpaired) electrons. The molecule has 1 heterocycles. The van der Waals surface area contributed by atoms with Crippen LogP contribution >= 0.6 is 0 Å². The highest BCUT2D eigenvalue weighted by molar-refractivity contribution is 5.72. The van der Waals surface area contributed by atoms with Gasteiger partial charge in [0.05, 0.1) is 19.1 Å². The Morgan fingerprint density at radius 1 is 1.24 bits per heavy atom. The number of carbonyl (C=O) groups excluding carboxylic acids is 1. The lowest BCUT2D eigenvalue weighted by molar-refractivity contribution is -0.159. The van der Waals surface area contributed by atoms with Crippen LogP contribution < -0.4 is 10.1 Å². The number of aliphatic hydroxyl groups excluding tert-OH is 1. The number of carbonyl (C=O) groups is 1. The number of β-amino-alcohol motifs (C(OH)–C–C–N with tert-alkyl or cyclic N) is 1. The quantitative estimate of drug-likeness (QED) is 0.671. The van der Waals surface area contributed by atoms with E-state index in [1.807, 2.05) is 24.3 Å². The Labute approximate surface area is 150 Å². The summed E-state index contributed by atoms with van der Waals surface area (Å²) >= 11 is 0.